The van der Waals surface area contributed by atoms with Crippen molar-refractivity contribution in [1.82, 2.24) is 0 Å². The Balaban J connectivity index is 1.92. The summed E-state index contributed by atoms with van der Waals surface area (Å²) in [4.78, 5) is 12.9. The van der Waals surface area contributed by atoms with Crippen LogP contribution >= 0.6 is 31.9 Å². The molecule has 3 rings (SSSR count). The Labute approximate surface area is 174 Å². The van der Waals surface area contributed by atoms with Crippen molar-refractivity contribution in [3.8, 4) is 17.2 Å². The monoisotopic (exact) mass is 492 g/mol. The molecule has 2 N–H and O–H groups in total. The first-order valence-corrected chi connectivity index (χ1v) is 9.98. The molecule has 2 aromatic carbocycles. The minimum absolute atomic E-state index is 0.0219. The number of aromatic hydroxyl groups is 2. The number of Topliss-reactive ketones (excluding diaryl/α,β-unsaturated/α-hetero) is 1. The Bertz CT molecular complexity index is 938. The van der Waals surface area contributed by atoms with Crippen molar-refractivity contribution >= 4 is 49.8 Å². The second-order valence-corrected chi connectivity index (χ2v) is 7.99. The van der Waals surface area contributed by atoms with Gasteiger partial charge in [-0.15, -0.1) is 0 Å². The summed E-state index contributed by atoms with van der Waals surface area (Å²) < 4.78 is 6.27. The molecule has 0 aromatic heterocycles. The van der Waals surface area contributed by atoms with Crippen molar-refractivity contribution < 1.29 is 19.7 Å². The number of carbonyl (C=O) groups is 1. The normalized spacial score (nSPS) is 17.5. The molecule has 0 unspecified atom stereocenters. The van der Waals surface area contributed by atoms with Crippen molar-refractivity contribution in [1.29, 1.82) is 0 Å². The van der Waals surface area contributed by atoms with Gasteiger partial charge in [-0.3, -0.25) is 4.79 Å². The lowest BCUT2D eigenvalue weighted by atomic mass is 9.87. The predicted molar refractivity (Wildman–Crippen MR) is 113 cm³/mol. The molecule has 6 heteroatoms. The maximum atomic E-state index is 12.9. The van der Waals surface area contributed by atoms with Gasteiger partial charge in [0.15, 0.2) is 17.3 Å². The molecule has 1 saturated carbocycles. The maximum absolute atomic E-state index is 12.9. The second-order valence-electron chi connectivity index (χ2n) is 6.29. The molecule has 140 valence electrons. The van der Waals surface area contributed by atoms with Crippen LogP contribution in [0.25, 0.3) is 12.2 Å². The smallest absolute Gasteiger partial charge is 0.185 e. The zero-order valence-electron chi connectivity index (χ0n) is 14.6. The lowest BCUT2D eigenvalue weighted by Gasteiger charge is -2.17. The Morgan fingerprint density at radius 2 is 1.56 bits per heavy atom. The van der Waals surface area contributed by atoms with Crippen LogP contribution in [-0.4, -0.2) is 23.1 Å². The summed E-state index contributed by atoms with van der Waals surface area (Å²) in [5, 5.41) is 19.6. The quantitative estimate of drug-likeness (QED) is 0.526. The lowest BCUT2D eigenvalue weighted by molar-refractivity contribution is -0.112. The first-order valence-electron chi connectivity index (χ1n) is 8.40. The number of phenols is 2. The van der Waals surface area contributed by atoms with E-state index in [2.05, 4.69) is 31.9 Å². The zero-order chi connectivity index (χ0) is 19.6. The van der Waals surface area contributed by atoms with Gasteiger partial charge in [-0.1, -0.05) is 6.07 Å². The summed E-state index contributed by atoms with van der Waals surface area (Å²) in [5.41, 5.74) is 3.12. The van der Waals surface area contributed by atoms with E-state index in [1.54, 1.807) is 30.3 Å². The van der Waals surface area contributed by atoms with Crippen LogP contribution < -0.4 is 4.74 Å². The van der Waals surface area contributed by atoms with Gasteiger partial charge in [-0.2, -0.15) is 0 Å². The first-order chi connectivity index (χ1) is 12.9. The fraction of sp³-hybridized carbons (Fsp3) is 0.190. The van der Waals surface area contributed by atoms with E-state index >= 15 is 0 Å². The predicted octanol–water partition coefficient (Wildman–Crippen LogP) is 5.85. The Kier molecular flexibility index (Phi) is 6.07. The van der Waals surface area contributed by atoms with Crippen molar-refractivity contribution in [2.45, 2.75) is 19.3 Å². The van der Waals surface area contributed by atoms with Gasteiger partial charge in [0.05, 0.1) is 16.1 Å². The molecule has 0 amide bonds. The summed E-state index contributed by atoms with van der Waals surface area (Å²) in [6.45, 7) is 0. The fourth-order valence-corrected chi connectivity index (χ4v) is 4.25. The van der Waals surface area contributed by atoms with Gasteiger partial charge in [0, 0.05) is 11.1 Å². The molecular weight excluding hydrogens is 476 g/mol. The molecule has 2 aromatic rings. The number of phenolic OH excluding ortho intramolecular Hbond substituents is 2. The molecule has 27 heavy (non-hydrogen) atoms. The molecule has 0 heterocycles. The number of benzene rings is 2. The van der Waals surface area contributed by atoms with Crippen LogP contribution in [0.1, 0.15) is 30.4 Å². The van der Waals surface area contributed by atoms with Crippen molar-refractivity contribution in [2.75, 3.05) is 7.11 Å². The van der Waals surface area contributed by atoms with Gasteiger partial charge in [-0.05, 0) is 98.7 Å². The number of allylic oxidation sites excluding steroid dienone is 2. The Morgan fingerprint density at radius 3 is 2.15 bits per heavy atom. The van der Waals surface area contributed by atoms with Crippen LogP contribution in [0.15, 0.2) is 50.4 Å². The average molecular weight is 494 g/mol. The fourth-order valence-electron chi connectivity index (χ4n) is 3.03. The molecule has 1 fully saturated rings. The van der Waals surface area contributed by atoms with Gasteiger partial charge < -0.3 is 14.9 Å². The standard InChI is InChI=1S/C21H18Br2O4/c1-27-19-11-12(5-6-18(19)24)7-14-3-2-4-15(20(14)25)8-13-9-16(22)21(26)17(23)10-13/h5-11,24,26H,2-4H2,1H3/b14-7+,15-8+. The lowest BCUT2D eigenvalue weighted by Crippen LogP contribution is -2.12. The molecular formula is C21H18Br2O4. The summed E-state index contributed by atoms with van der Waals surface area (Å²) in [6, 6.07) is 8.58. The third kappa shape index (κ3) is 4.45. The highest BCUT2D eigenvalue weighted by Gasteiger charge is 2.21. The van der Waals surface area contributed by atoms with Crippen LogP contribution in [0.4, 0.5) is 0 Å². The highest BCUT2D eigenvalue weighted by Crippen LogP contribution is 2.35. The van der Waals surface area contributed by atoms with Gasteiger partial charge in [0.2, 0.25) is 0 Å². The molecule has 4 nitrogen and oxygen atoms in total. The SMILES string of the molecule is COc1cc(/C=C2\CCC/C(=C\c3cc(Br)c(O)c(Br)c3)C2=O)ccc1O. The summed E-state index contributed by atoms with van der Waals surface area (Å²) in [5.74, 6) is 0.600. The van der Waals surface area contributed by atoms with E-state index in [1.807, 2.05) is 12.2 Å². The van der Waals surface area contributed by atoms with Gasteiger partial charge in [0.1, 0.15) is 5.75 Å². The van der Waals surface area contributed by atoms with E-state index in [9.17, 15) is 15.0 Å². The van der Waals surface area contributed by atoms with Crippen LogP contribution in [0, 0.1) is 0 Å². The summed E-state index contributed by atoms with van der Waals surface area (Å²) in [7, 11) is 1.49. The molecule has 1 aliphatic rings. The number of halogens is 2. The molecule has 0 aliphatic heterocycles. The second kappa shape index (κ2) is 8.31. The van der Waals surface area contributed by atoms with E-state index in [-0.39, 0.29) is 17.3 Å². The van der Waals surface area contributed by atoms with Crippen molar-refractivity contribution in [2.24, 2.45) is 0 Å². The number of ketones is 1. The highest BCUT2D eigenvalue weighted by atomic mass is 79.9. The van der Waals surface area contributed by atoms with E-state index < -0.39 is 0 Å². The van der Waals surface area contributed by atoms with E-state index in [0.717, 1.165) is 28.7 Å². The Hall–Kier alpha value is -2.05. The number of carbonyl (C=O) groups excluding carboxylic acids is 1. The summed E-state index contributed by atoms with van der Waals surface area (Å²) >= 11 is 6.63. The van der Waals surface area contributed by atoms with Gasteiger partial charge in [-0.25, -0.2) is 0 Å². The number of methoxy groups -OCH3 is 1. The molecule has 0 atom stereocenters. The molecule has 0 spiro atoms. The largest absolute Gasteiger partial charge is 0.506 e. The highest BCUT2D eigenvalue weighted by molar-refractivity contribution is 9.11. The third-order valence-electron chi connectivity index (χ3n) is 4.40. The molecule has 0 radical (unpaired) electrons. The number of rotatable bonds is 3. The minimum Gasteiger partial charge on any atom is -0.506 e. The molecule has 0 saturated heterocycles. The van der Waals surface area contributed by atoms with Crippen LogP contribution in [-0.2, 0) is 4.79 Å². The van der Waals surface area contributed by atoms with E-state index in [0.29, 0.717) is 27.5 Å². The van der Waals surface area contributed by atoms with Crippen molar-refractivity contribution in [3.05, 3.63) is 61.6 Å². The average Bonchev–Trinajstić information content (AvgIpc) is 2.64. The number of hydrogen-bond acceptors (Lipinski definition) is 4. The maximum Gasteiger partial charge on any atom is 0.185 e. The zero-order valence-corrected chi connectivity index (χ0v) is 17.8. The molecule has 1 aliphatic carbocycles. The third-order valence-corrected chi connectivity index (χ3v) is 5.61. The first kappa shape index (κ1) is 19.7. The van der Waals surface area contributed by atoms with E-state index in [1.165, 1.54) is 7.11 Å². The van der Waals surface area contributed by atoms with Gasteiger partial charge in [0.25, 0.3) is 0 Å². The van der Waals surface area contributed by atoms with Crippen LogP contribution in [0.3, 0.4) is 0 Å². The number of hydrogen-bond donors (Lipinski definition) is 2. The van der Waals surface area contributed by atoms with Crippen LogP contribution in [0.2, 0.25) is 0 Å². The minimum atomic E-state index is 0.0219. The summed E-state index contributed by atoms with van der Waals surface area (Å²) in [6.07, 6.45) is 6.02. The topological polar surface area (TPSA) is 66.8 Å². The molecule has 0 bridgehead atoms. The number of ether oxygens (including phenoxy) is 1. The van der Waals surface area contributed by atoms with Crippen molar-refractivity contribution in [3.63, 3.8) is 0 Å². The van der Waals surface area contributed by atoms with Gasteiger partial charge >= 0.3 is 0 Å². The van der Waals surface area contributed by atoms with E-state index in [4.69, 9.17) is 4.74 Å². The Morgan fingerprint density at radius 1 is 0.963 bits per heavy atom. The van der Waals surface area contributed by atoms with Crippen LogP contribution in [0.5, 0.6) is 17.2 Å².